The van der Waals surface area contributed by atoms with Gasteiger partial charge in [-0.05, 0) is 25.8 Å². The van der Waals surface area contributed by atoms with Crippen molar-refractivity contribution in [3.05, 3.63) is 39.9 Å². The van der Waals surface area contributed by atoms with Gasteiger partial charge in [-0.1, -0.05) is 12.1 Å². The Morgan fingerprint density at radius 1 is 1.48 bits per heavy atom. The van der Waals surface area contributed by atoms with Crippen molar-refractivity contribution in [1.29, 1.82) is 0 Å². The molecule has 1 aromatic rings. The Morgan fingerprint density at radius 2 is 2.05 bits per heavy atom. The van der Waals surface area contributed by atoms with Crippen LogP contribution in [-0.2, 0) is 4.79 Å². The quantitative estimate of drug-likeness (QED) is 0.480. The maximum absolute atomic E-state index is 12.5. The minimum absolute atomic E-state index is 0.00173. The van der Waals surface area contributed by atoms with Crippen molar-refractivity contribution in [2.45, 2.75) is 30.6 Å². The number of halogens is 2. The molecular formula is C14H16Cl2N2O3. The molecule has 7 heteroatoms. The van der Waals surface area contributed by atoms with Crippen molar-refractivity contribution in [2.75, 3.05) is 7.05 Å². The molecule has 114 valence electrons. The Bertz CT molecular complexity index is 606. The van der Waals surface area contributed by atoms with E-state index in [1.165, 1.54) is 17.0 Å². The standard InChI is InChI=1S/C14H16Cl2N2O3/c1-9(10-5-4-6-11(7-10)18(20)21)17(3)12(19)13(2)8-14(13,15)16/h4-7,9H,8H2,1-3H3/t9-,13-/m0/s1. The molecule has 1 aromatic carbocycles. The van der Waals surface area contributed by atoms with Gasteiger partial charge in [0, 0.05) is 19.2 Å². The third-order valence-electron chi connectivity index (χ3n) is 4.19. The number of alkyl halides is 2. The molecule has 0 saturated heterocycles. The molecule has 1 amide bonds. The SMILES string of the molecule is C[C@@H](c1cccc([N+](=O)[O-])c1)N(C)C(=O)[C@]1(C)CC1(Cl)Cl. The second kappa shape index (κ2) is 5.14. The van der Waals surface area contributed by atoms with Gasteiger partial charge in [0.25, 0.3) is 5.69 Å². The highest BCUT2D eigenvalue weighted by molar-refractivity contribution is 6.53. The first-order chi connectivity index (χ1) is 9.60. The maximum Gasteiger partial charge on any atom is 0.269 e. The summed E-state index contributed by atoms with van der Waals surface area (Å²) in [5.41, 5.74) is -0.0965. The van der Waals surface area contributed by atoms with Gasteiger partial charge in [-0.2, -0.15) is 0 Å². The number of nitro benzene ring substituents is 1. The van der Waals surface area contributed by atoms with Gasteiger partial charge in [0.2, 0.25) is 5.91 Å². The molecule has 1 aliphatic carbocycles. The van der Waals surface area contributed by atoms with E-state index in [2.05, 4.69) is 0 Å². The Morgan fingerprint density at radius 3 is 2.52 bits per heavy atom. The van der Waals surface area contributed by atoms with E-state index in [9.17, 15) is 14.9 Å². The van der Waals surface area contributed by atoms with Crippen molar-refractivity contribution in [3.8, 4) is 0 Å². The van der Waals surface area contributed by atoms with Crippen LogP contribution in [0, 0.1) is 15.5 Å². The molecular weight excluding hydrogens is 315 g/mol. The molecule has 0 heterocycles. The van der Waals surface area contributed by atoms with Gasteiger partial charge in [-0.3, -0.25) is 14.9 Å². The molecule has 5 nitrogen and oxygen atoms in total. The summed E-state index contributed by atoms with van der Waals surface area (Å²) in [6, 6.07) is 5.94. The van der Waals surface area contributed by atoms with E-state index >= 15 is 0 Å². The zero-order chi connectivity index (χ0) is 16.0. The highest BCUT2D eigenvalue weighted by Crippen LogP contribution is 2.64. The van der Waals surface area contributed by atoms with Gasteiger partial charge >= 0.3 is 0 Å². The number of hydrogen-bond donors (Lipinski definition) is 0. The second-order valence-corrected chi connectivity index (χ2v) is 7.14. The summed E-state index contributed by atoms with van der Waals surface area (Å²) >= 11 is 12.1. The van der Waals surface area contributed by atoms with E-state index in [-0.39, 0.29) is 17.6 Å². The fourth-order valence-corrected chi connectivity index (χ4v) is 3.02. The van der Waals surface area contributed by atoms with E-state index in [0.29, 0.717) is 12.0 Å². The molecule has 1 fully saturated rings. The van der Waals surface area contributed by atoms with E-state index in [1.807, 2.05) is 6.92 Å². The van der Waals surface area contributed by atoms with Crippen LogP contribution < -0.4 is 0 Å². The fourth-order valence-electron chi connectivity index (χ4n) is 2.32. The van der Waals surface area contributed by atoms with Gasteiger partial charge < -0.3 is 4.90 Å². The molecule has 0 bridgehead atoms. The van der Waals surface area contributed by atoms with Crippen LogP contribution in [0.2, 0.25) is 0 Å². The van der Waals surface area contributed by atoms with Crippen LogP contribution in [0.3, 0.4) is 0 Å². The van der Waals surface area contributed by atoms with Gasteiger partial charge in [-0.15, -0.1) is 23.2 Å². The minimum atomic E-state index is -1.03. The van der Waals surface area contributed by atoms with Crippen LogP contribution >= 0.6 is 23.2 Å². The zero-order valence-electron chi connectivity index (χ0n) is 12.0. The van der Waals surface area contributed by atoms with Crippen LogP contribution in [0.15, 0.2) is 24.3 Å². The van der Waals surface area contributed by atoms with Crippen LogP contribution in [0.4, 0.5) is 5.69 Å². The van der Waals surface area contributed by atoms with Gasteiger partial charge in [0.15, 0.2) is 0 Å². The number of rotatable bonds is 4. The highest BCUT2D eigenvalue weighted by atomic mass is 35.5. The highest BCUT2D eigenvalue weighted by Gasteiger charge is 2.68. The van der Waals surface area contributed by atoms with Crippen molar-refractivity contribution in [2.24, 2.45) is 5.41 Å². The lowest BCUT2D eigenvalue weighted by Gasteiger charge is -2.28. The fraction of sp³-hybridized carbons (Fsp3) is 0.500. The maximum atomic E-state index is 12.5. The van der Waals surface area contributed by atoms with E-state index in [4.69, 9.17) is 23.2 Å². The molecule has 0 aliphatic heterocycles. The van der Waals surface area contributed by atoms with Crippen LogP contribution in [-0.4, -0.2) is 27.1 Å². The number of nitrogens with zero attached hydrogens (tertiary/aromatic N) is 2. The minimum Gasteiger partial charge on any atom is -0.338 e. The van der Waals surface area contributed by atoms with Gasteiger partial charge in [-0.25, -0.2) is 0 Å². The predicted octanol–water partition coefficient (Wildman–Crippen LogP) is 3.70. The molecule has 1 saturated carbocycles. The molecule has 0 N–H and O–H groups in total. The van der Waals surface area contributed by atoms with Crippen molar-refractivity contribution in [3.63, 3.8) is 0 Å². The third kappa shape index (κ3) is 2.72. The molecule has 0 unspecified atom stereocenters. The summed E-state index contributed by atoms with van der Waals surface area (Å²) in [6.45, 7) is 3.54. The number of non-ortho nitro benzene ring substituents is 1. The lowest BCUT2D eigenvalue weighted by molar-refractivity contribution is -0.384. The first-order valence-corrected chi connectivity index (χ1v) is 7.25. The average molecular weight is 331 g/mol. The van der Waals surface area contributed by atoms with Crippen molar-refractivity contribution >= 4 is 34.8 Å². The molecule has 0 spiro atoms. The number of nitro groups is 1. The summed E-state index contributed by atoms with van der Waals surface area (Å²) in [6.07, 6.45) is 0.411. The van der Waals surface area contributed by atoms with Crippen LogP contribution in [0.5, 0.6) is 0 Å². The van der Waals surface area contributed by atoms with E-state index in [0.717, 1.165) is 0 Å². The Kier molecular flexibility index (Phi) is 3.93. The Labute approximate surface area is 133 Å². The molecule has 21 heavy (non-hydrogen) atoms. The average Bonchev–Trinajstić information content (AvgIpc) is 2.96. The van der Waals surface area contributed by atoms with E-state index < -0.39 is 14.7 Å². The van der Waals surface area contributed by atoms with Gasteiger partial charge in [0.05, 0.1) is 16.4 Å². The van der Waals surface area contributed by atoms with Gasteiger partial charge in [0.1, 0.15) is 4.33 Å². The number of carbonyl (C=O) groups excluding carboxylic acids is 1. The lowest BCUT2D eigenvalue weighted by Crippen LogP contribution is -2.37. The first-order valence-electron chi connectivity index (χ1n) is 6.49. The number of benzene rings is 1. The topological polar surface area (TPSA) is 63.5 Å². The number of hydrogen-bond acceptors (Lipinski definition) is 3. The molecule has 0 aromatic heterocycles. The smallest absolute Gasteiger partial charge is 0.269 e. The first kappa shape index (κ1) is 16.0. The predicted molar refractivity (Wildman–Crippen MR) is 81.4 cm³/mol. The number of carbonyl (C=O) groups is 1. The summed E-state index contributed by atoms with van der Waals surface area (Å²) in [7, 11) is 1.65. The normalized spacial score (nSPS) is 24.2. The summed E-state index contributed by atoms with van der Waals surface area (Å²) in [5.74, 6) is -0.161. The third-order valence-corrected chi connectivity index (χ3v) is 5.30. The lowest BCUT2D eigenvalue weighted by atomic mass is 10.0. The molecule has 2 rings (SSSR count). The summed E-state index contributed by atoms with van der Waals surface area (Å²) < 4.78 is -1.03. The number of amides is 1. The largest absolute Gasteiger partial charge is 0.338 e. The summed E-state index contributed by atoms with van der Waals surface area (Å²) in [4.78, 5) is 24.4. The molecule has 1 aliphatic rings. The molecule has 0 radical (unpaired) electrons. The molecule has 2 atom stereocenters. The van der Waals surface area contributed by atoms with Crippen LogP contribution in [0.1, 0.15) is 31.9 Å². The second-order valence-electron chi connectivity index (χ2n) is 5.66. The summed E-state index contributed by atoms with van der Waals surface area (Å²) in [5, 5.41) is 10.8. The Balaban J connectivity index is 2.20. The monoisotopic (exact) mass is 330 g/mol. The van der Waals surface area contributed by atoms with Crippen LogP contribution in [0.25, 0.3) is 0 Å². The zero-order valence-corrected chi connectivity index (χ0v) is 13.5. The van der Waals surface area contributed by atoms with Crippen molar-refractivity contribution in [1.82, 2.24) is 4.90 Å². The van der Waals surface area contributed by atoms with E-state index in [1.54, 1.807) is 26.1 Å². The Hall–Kier alpha value is -1.33. The van der Waals surface area contributed by atoms with Crippen molar-refractivity contribution < 1.29 is 9.72 Å².